The molecule has 3 rings (SSSR count). The summed E-state index contributed by atoms with van der Waals surface area (Å²) in [5.41, 5.74) is 4.75. The maximum absolute atomic E-state index is 4.56. The van der Waals surface area contributed by atoms with E-state index < -0.39 is 0 Å². The zero-order valence-corrected chi connectivity index (χ0v) is 12.6. The van der Waals surface area contributed by atoms with Gasteiger partial charge in [0.05, 0.1) is 0 Å². The minimum Gasteiger partial charge on any atom is -1.00 e. The molecule has 0 radical (unpaired) electrons. The number of hydrogen-bond donors (Lipinski definition) is 0. The van der Waals surface area contributed by atoms with Crippen LogP contribution >= 0.6 is 11.3 Å². The van der Waals surface area contributed by atoms with Gasteiger partial charge in [0.15, 0.2) is 11.4 Å². The molecule has 0 fully saturated rings. The molecule has 1 aromatic carbocycles. The summed E-state index contributed by atoms with van der Waals surface area (Å²) in [5.74, 6) is 0. The molecule has 4 heteroatoms. The minimum absolute atomic E-state index is 0. The van der Waals surface area contributed by atoms with Gasteiger partial charge in [0, 0.05) is 23.9 Å². The number of hydrogen-bond acceptors (Lipinski definition) is 2. The second kappa shape index (κ2) is 5.16. The number of halogens is 1. The lowest BCUT2D eigenvalue weighted by molar-refractivity contribution is -0.505. The molecule has 2 aromatic heterocycles. The highest BCUT2D eigenvalue weighted by atomic mass is 79.9. The Bertz CT molecular complexity index is 677. The molecule has 92 valence electrons. The molecule has 18 heavy (non-hydrogen) atoms. The lowest BCUT2D eigenvalue weighted by Crippen LogP contribution is -3.00. The van der Waals surface area contributed by atoms with Crippen LogP contribution in [0.25, 0.3) is 16.2 Å². The molecule has 2 nitrogen and oxygen atoms in total. The second-order valence-corrected chi connectivity index (χ2v) is 4.98. The Kier molecular flexibility index (Phi) is 3.78. The van der Waals surface area contributed by atoms with Crippen LogP contribution in [0.4, 0.5) is 0 Å². The van der Waals surface area contributed by atoms with Gasteiger partial charge in [-0.3, -0.25) is 0 Å². The first-order valence-corrected chi connectivity index (χ1v) is 6.46. The molecule has 0 atom stereocenters. The molecule has 0 spiro atoms. The Hall–Kier alpha value is -1.26. The van der Waals surface area contributed by atoms with Crippen molar-refractivity contribution in [3.63, 3.8) is 0 Å². The van der Waals surface area contributed by atoms with Crippen LogP contribution in [0.5, 0.6) is 0 Å². The van der Waals surface area contributed by atoms with Crippen LogP contribution in [0, 0.1) is 13.8 Å². The van der Waals surface area contributed by atoms with E-state index in [2.05, 4.69) is 52.0 Å². The molecule has 0 bridgehead atoms. The van der Waals surface area contributed by atoms with Gasteiger partial charge in [-0.1, -0.05) is 30.3 Å². The maximum Gasteiger partial charge on any atom is 0.387 e. The molecular formula is C14H13BrN2S. The number of aromatic nitrogens is 2. The van der Waals surface area contributed by atoms with E-state index in [1.165, 1.54) is 17.0 Å². The molecule has 0 saturated carbocycles. The number of benzene rings is 1. The monoisotopic (exact) mass is 320 g/mol. The van der Waals surface area contributed by atoms with Crippen LogP contribution in [-0.2, 0) is 0 Å². The van der Waals surface area contributed by atoms with Crippen molar-refractivity contribution in [2.45, 2.75) is 13.8 Å². The number of nitrogens with zero attached hydrogens (tertiary/aromatic N) is 2. The molecule has 2 heterocycles. The average molecular weight is 321 g/mol. The highest BCUT2D eigenvalue weighted by molar-refractivity contribution is 7.14. The lowest BCUT2D eigenvalue weighted by Gasteiger charge is -1.98. The van der Waals surface area contributed by atoms with Crippen LogP contribution in [-0.4, -0.2) is 4.98 Å². The Labute approximate surface area is 121 Å². The molecule has 0 N–H and O–H groups in total. The standard InChI is InChI=1S/C14H13N2S.BrH/c1-10-8-11(2)16-13(9-17-14(16)15-10)12-6-4-3-5-7-12;/h3-9H,1-2H3;1H/q+1;/p-1. The van der Waals surface area contributed by atoms with Crippen LogP contribution in [0.2, 0.25) is 0 Å². The van der Waals surface area contributed by atoms with Gasteiger partial charge in [-0.2, -0.15) is 4.40 Å². The largest absolute Gasteiger partial charge is 1.00 e. The van der Waals surface area contributed by atoms with Gasteiger partial charge in [-0.05, 0) is 23.2 Å². The molecule has 0 saturated heterocycles. The van der Waals surface area contributed by atoms with Gasteiger partial charge in [0.25, 0.3) is 0 Å². The predicted octanol–water partition coefficient (Wildman–Crippen LogP) is 0.170. The molecule has 0 amide bonds. The summed E-state index contributed by atoms with van der Waals surface area (Å²) >= 11 is 1.69. The van der Waals surface area contributed by atoms with E-state index in [1.54, 1.807) is 11.3 Å². The quantitative estimate of drug-likeness (QED) is 0.584. The first-order chi connectivity index (χ1) is 8.25. The van der Waals surface area contributed by atoms with Crippen molar-refractivity contribution in [1.82, 2.24) is 4.98 Å². The summed E-state index contributed by atoms with van der Waals surface area (Å²) in [5, 5.41) is 2.17. The third kappa shape index (κ3) is 2.18. The molecule has 0 unspecified atom stereocenters. The minimum atomic E-state index is 0. The van der Waals surface area contributed by atoms with E-state index in [0.29, 0.717) is 0 Å². The van der Waals surface area contributed by atoms with Crippen LogP contribution < -0.4 is 21.4 Å². The topological polar surface area (TPSA) is 17.0 Å². The van der Waals surface area contributed by atoms with E-state index in [1.807, 2.05) is 13.0 Å². The van der Waals surface area contributed by atoms with Crippen molar-refractivity contribution in [3.05, 3.63) is 53.2 Å². The smallest absolute Gasteiger partial charge is 0.387 e. The summed E-state index contributed by atoms with van der Waals surface area (Å²) in [4.78, 5) is 5.62. The van der Waals surface area contributed by atoms with E-state index >= 15 is 0 Å². The van der Waals surface area contributed by atoms with E-state index in [4.69, 9.17) is 0 Å². The first-order valence-electron chi connectivity index (χ1n) is 5.58. The van der Waals surface area contributed by atoms with Gasteiger partial charge < -0.3 is 17.0 Å². The van der Waals surface area contributed by atoms with Gasteiger partial charge in [-0.25, -0.2) is 0 Å². The zero-order valence-electron chi connectivity index (χ0n) is 10.2. The van der Waals surface area contributed by atoms with Crippen molar-refractivity contribution in [1.29, 1.82) is 0 Å². The Morgan fingerprint density at radius 3 is 2.56 bits per heavy atom. The van der Waals surface area contributed by atoms with Crippen molar-refractivity contribution < 1.29 is 21.4 Å². The SMILES string of the molecule is Cc1cc(C)[n+]2c(-c3ccccc3)csc2n1.[Br-]. The van der Waals surface area contributed by atoms with Crippen molar-refractivity contribution in [2.75, 3.05) is 0 Å². The number of thiazole rings is 1. The van der Waals surface area contributed by atoms with Crippen LogP contribution in [0.15, 0.2) is 41.8 Å². The van der Waals surface area contributed by atoms with Gasteiger partial charge >= 0.3 is 4.96 Å². The number of rotatable bonds is 1. The summed E-state index contributed by atoms with van der Waals surface area (Å²) in [7, 11) is 0. The van der Waals surface area contributed by atoms with Gasteiger partial charge in [0.1, 0.15) is 5.69 Å². The molecule has 0 aliphatic carbocycles. The van der Waals surface area contributed by atoms with Gasteiger partial charge in [-0.15, -0.1) is 0 Å². The third-order valence-electron chi connectivity index (χ3n) is 2.82. The Balaban J connectivity index is 0.00000120. The fourth-order valence-corrected chi connectivity index (χ4v) is 3.09. The fraction of sp³-hybridized carbons (Fsp3) is 0.143. The Morgan fingerprint density at radius 2 is 1.83 bits per heavy atom. The average Bonchev–Trinajstić information content (AvgIpc) is 2.74. The first kappa shape index (κ1) is 13.2. The third-order valence-corrected chi connectivity index (χ3v) is 3.65. The summed E-state index contributed by atoms with van der Waals surface area (Å²) in [6.07, 6.45) is 0. The second-order valence-electron chi connectivity index (χ2n) is 4.14. The maximum atomic E-state index is 4.56. The van der Waals surface area contributed by atoms with Crippen molar-refractivity contribution in [3.8, 4) is 11.3 Å². The van der Waals surface area contributed by atoms with E-state index in [0.717, 1.165) is 10.7 Å². The molecule has 0 aliphatic rings. The van der Waals surface area contributed by atoms with E-state index in [-0.39, 0.29) is 17.0 Å². The molecule has 0 aliphatic heterocycles. The number of fused-ring (bicyclic) bond motifs is 1. The normalized spacial score (nSPS) is 10.3. The fourth-order valence-electron chi connectivity index (χ4n) is 2.09. The summed E-state index contributed by atoms with van der Waals surface area (Å²) in [6, 6.07) is 12.6. The van der Waals surface area contributed by atoms with Crippen molar-refractivity contribution >= 4 is 16.3 Å². The van der Waals surface area contributed by atoms with Crippen LogP contribution in [0.1, 0.15) is 11.4 Å². The Morgan fingerprint density at radius 1 is 1.11 bits per heavy atom. The predicted molar refractivity (Wildman–Crippen MR) is 70.2 cm³/mol. The summed E-state index contributed by atoms with van der Waals surface area (Å²) < 4.78 is 2.22. The van der Waals surface area contributed by atoms with E-state index in [9.17, 15) is 0 Å². The molecular weight excluding hydrogens is 308 g/mol. The highest BCUT2D eigenvalue weighted by Crippen LogP contribution is 2.20. The summed E-state index contributed by atoms with van der Waals surface area (Å²) in [6.45, 7) is 4.16. The van der Waals surface area contributed by atoms with Crippen LogP contribution in [0.3, 0.4) is 0 Å². The lowest BCUT2D eigenvalue weighted by atomic mass is 10.2. The number of aryl methyl sites for hydroxylation is 2. The van der Waals surface area contributed by atoms with Gasteiger partial charge in [0.2, 0.25) is 0 Å². The van der Waals surface area contributed by atoms with Crippen molar-refractivity contribution in [2.24, 2.45) is 0 Å². The zero-order chi connectivity index (χ0) is 11.8. The highest BCUT2D eigenvalue weighted by Gasteiger charge is 2.17. The molecule has 3 aromatic rings.